The van der Waals surface area contributed by atoms with Gasteiger partial charge in [-0.3, -0.25) is 9.59 Å². The van der Waals surface area contributed by atoms with E-state index >= 15 is 0 Å². The number of carbonyl (C=O) groups is 2. The molecule has 5 nitrogen and oxygen atoms in total. The Morgan fingerprint density at radius 2 is 1.69 bits per heavy atom. The van der Waals surface area contributed by atoms with Crippen LogP contribution < -0.4 is 15.4 Å². The van der Waals surface area contributed by atoms with Crippen LogP contribution in [0.5, 0.6) is 5.75 Å². The minimum Gasteiger partial charge on any atom is -0.492 e. The molecule has 0 radical (unpaired) electrons. The summed E-state index contributed by atoms with van der Waals surface area (Å²) in [5.41, 5.74) is 1.36. The summed E-state index contributed by atoms with van der Waals surface area (Å²) < 4.78 is 5.63. The Bertz CT molecular complexity index is 902. The Labute approximate surface area is 176 Å². The normalized spacial score (nSPS) is 16.9. The van der Waals surface area contributed by atoms with Crippen molar-refractivity contribution in [3.8, 4) is 5.75 Å². The molecule has 1 fully saturated rings. The van der Waals surface area contributed by atoms with Crippen molar-refractivity contribution in [2.45, 2.75) is 41.5 Å². The number of para-hydroxylation sites is 1. The van der Waals surface area contributed by atoms with Crippen LogP contribution in [0.3, 0.4) is 0 Å². The molecule has 0 aliphatic heterocycles. The van der Waals surface area contributed by atoms with Crippen LogP contribution in [0.25, 0.3) is 0 Å². The molecule has 0 saturated heterocycles. The van der Waals surface area contributed by atoms with Gasteiger partial charge in [0.15, 0.2) is 0 Å². The summed E-state index contributed by atoms with van der Waals surface area (Å²) in [5, 5.41) is 6.57. The third kappa shape index (κ3) is 4.04. The molecule has 0 bridgehead atoms. The number of aryl methyl sites for hydroxylation is 1. The van der Waals surface area contributed by atoms with E-state index in [9.17, 15) is 9.59 Å². The lowest BCUT2D eigenvalue weighted by atomic mass is 10.0. The average molecular weight is 415 g/mol. The minimum atomic E-state index is -0.187. The van der Waals surface area contributed by atoms with Gasteiger partial charge in [0.2, 0.25) is 5.91 Å². The van der Waals surface area contributed by atoms with E-state index in [-0.39, 0.29) is 28.6 Å². The maximum Gasteiger partial charge on any atom is 0.254 e. The summed E-state index contributed by atoms with van der Waals surface area (Å²) in [5.74, 6) is 0.510. The van der Waals surface area contributed by atoms with Crippen LogP contribution in [-0.4, -0.2) is 25.0 Å². The van der Waals surface area contributed by atoms with Crippen molar-refractivity contribution >= 4 is 28.2 Å². The summed E-state index contributed by atoms with van der Waals surface area (Å²) in [4.78, 5) is 26.7. The second kappa shape index (κ2) is 7.82. The van der Waals surface area contributed by atoms with Crippen LogP contribution in [-0.2, 0) is 4.79 Å². The Kier molecular flexibility index (Phi) is 5.77. The molecular weight excluding hydrogens is 384 g/mol. The zero-order chi connectivity index (χ0) is 21.4. The second-order valence-electron chi connectivity index (χ2n) is 8.77. The molecule has 2 amide bonds. The molecule has 1 saturated carbocycles. The predicted molar refractivity (Wildman–Crippen MR) is 118 cm³/mol. The van der Waals surface area contributed by atoms with Crippen LogP contribution in [0.2, 0.25) is 0 Å². The first-order valence-corrected chi connectivity index (χ1v) is 10.8. The number of amides is 2. The lowest BCUT2D eigenvalue weighted by Gasteiger charge is -2.10. The third-order valence-corrected chi connectivity index (χ3v) is 7.65. The van der Waals surface area contributed by atoms with Crippen molar-refractivity contribution < 1.29 is 14.3 Å². The number of hydrogen-bond donors (Lipinski definition) is 2. The monoisotopic (exact) mass is 414 g/mol. The van der Waals surface area contributed by atoms with Gasteiger partial charge in [-0.2, -0.15) is 0 Å². The quantitative estimate of drug-likeness (QED) is 0.640. The highest BCUT2D eigenvalue weighted by molar-refractivity contribution is 7.16. The zero-order valence-electron chi connectivity index (χ0n) is 18.0. The van der Waals surface area contributed by atoms with Crippen LogP contribution in [0, 0.1) is 30.6 Å². The maximum absolute atomic E-state index is 12.9. The van der Waals surface area contributed by atoms with Crippen LogP contribution in [0.1, 0.15) is 48.5 Å². The topological polar surface area (TPSA) is 67.4 Å². The van der Waals surface area contributed by atoms with Gasteiger partial charge in [-0.1, -0.05) is 45.9 Å². The zero-order valence-corrected chi connectivity index (χ0v) is 18.8. The molecule has 1 aromatic carbocycles. The van der Waals surface area contributed by atoms with Gasteiger partial charge in [-0.25, -0.2) is 0 Å². The van der Waals surface area contributed by atoms with Crippen LogP contribution >= 0.6 is 11.3 Å². The van der Waals surface area contributed by atoms with Crippen molar-refractivity contribution in [1.82, 2.24) is 5.32 Å². The first-order valence-electron chi connectivity index (χ1n) is 9.94. The molecule has 156 valence electrons. The third-order valence-electron chi connectivity index (χ3n) is 6.53. The van der Waals surface area contributed by atoms with Gasteiger partial charge in [0, 0.05) is 10.8 Å². The van der Waals surface area contributed by atoms with Gasteiger partial charge in [0.1, 0.15) is 17.4 Å². The molecule has 1 heterocycles. The molecule has 0 spiro atoms. The van der Waals surface area contributed by atoms with E-state index < -0.39 is 0 Å². The molecule has 1 aliphatic rings. The van der Waals surface area contributed by atoms with Crippen molar-refractivity contribution in [2.75, 3.05) is 18.5 Å². The molecule has 3 rings (SSSR count). The summed E-state index contributed by atoms with van der Waals surface area (Å²) in [6, 6.07) is 9.49. The number of anilines is 1. The Morgan fingerprint density at radius 3 is 2.28 bits per heavy atom. The van der Waals surface area contributed by atoms with Gasteiger partial charge in [-0.05, 0) is 42.4 Å². The van der Waals surface area contributed by atoms with E-state index in [1.165, 1.54) is 11.3 Å². The van der Waals surface area contributed by atoms with Crippen molar-refractivity contribution in [3.63, 3.8) is 0 Å². The molecule has 0 unspecified atom stereocenters. The van der Waals surface area contributed by atoms with E-state index in [0.717, 1.165) is 16.2 Å². The summed E-state index contributed by atoms with van der Waals surface area (Å²) in [6.45, 7) is 13.1. The average Bonchev–Trinajstić information content (AvgIpc) is 2.90. The van der Waals surface area contributed by atoms with E-state index in [4.69, 9.17) is 4.74 Å². The SMILES string of the molecule is Cc1sc(NC(=O)C2C(C)(C)C2(C)C)c(C(=O)NCCOc2ccccc2)c1C. The van der Waals surface area contributed by atoms with E-state index in [0.29, 0.717) is 23.7 Å². The van der Waals surface area contributed by atoms with Gasteiger partial charge >= 0.3 is 0 Å². The Hall–Kier alpha value is -2.34. The van der Waals surface area contributed by atoms with E-state index in [2.05, 4.69) is 38.3 Å². The predicted octanol–water partition coefficient (Wildman–Crippen LogP) is 4.79. The fourth-order valence-corrected chi connectivity index (χ4v) is 5.02. The van der Waals surface area contributed by atoms with Crippen molar-refractivity contribution in [1.29, 1.82) is 0 Å². The highest BCUT2D eigenvalue weighted by Gasteiger charge is 2.68. The summed E-state index contributed by atoms with van der Waals surface area (Å²) in [6.07, 6.45) is 0. The first kappa shape index (κ1) is 21.4. The molecule has 1 aliphatic carbocycles. The molecule has 29 heavy (non-hydrogen) atoms. The van der Waals surface area contributed by atoms with Crippen molar-refractivity contribution in [2.24, 2.45) is 16.7 Å². The number of carbonyl (C=O) groups excluding carboxylic acids is 2. The fourth-order valence-electron chi connectivity index (χ4n) is 3.96. The Morgan fingerprint density at radius 1 is 1.07 bits per heavy atom. The highest BCUT2D eigenvalue weighted by atomic mass is 32.1. The Balaban J connectivity index is 1.63. The minimum absolute atomic E-state index is 0.0114. The molecule has 0 atom stereocenters. The number of benzene rings is 1. The molecule has 1 aromatic heterocycles. The van der Waals surface area contributed by atoms with Crippen molar-refractivity contribution in [3.05, 3.63) is 46.3 Å². The van der Waals surface area contributed by atoms with E-state index in [1.807, 2.05) is 44.2 Å². The largest absolute Gasteiger partial charge is 0.492 e. The summed E-state index contributed by atoms with van der Waals surface area (Å²) >= 11 is 1.46. The number of ether oxygens (including phenoxy) is 1. The maximum atomic E-state index is 12.9. The van der Waals surface area contributed by atoms with Gasteiger partial charge in [0.05, 0.1) is 12.1 Å². The molecule has 2 aromatic rings. The van der Waals surface area contributed by atoms with Gasteiger partial charge in [0.25, 0.3) is 5.91 Å². The number of thiophene rings is 1. The standard InChI is InChI=1S/C23H30N2O3S/c1-14-15(2)29-21(25-20(27)18-22(3,4)23(18,5)6)17(14)19(26)24-12-13-28-16-10-8-7-9-11-16/h7-11,18H,12-13H2,1-6H3,(H,24,26)(H,25,27). The highest BCUT2D eigenvalue weighted by Crippen LogP contribution is 2.68. The number of rotatable bonds is 7. The van der Waals surface area contributed by atoms with Crippen LogP contribution in [0.15, 0.2) is 30.3 Å². The first-order chi connectivity index (χ1) is 13.6. The second-order valence-corrected chi connectivity index (χ2v) is 10.00. The van der Waals surface area contributed by atoms with Crippen LogP contribution in [0.4, 0.5) is 5.00 Å². The smallest absolute Gasteiger partial charge is 0.254 e. The number of hydrogen-bond acceptors (Lipinski definition) is 4. The molecule has 2 N–H and O–H groups in total. The lowest BCUT2D eigenvalue weighted by Crippen LogP contribution is -2.29. The molecular formula is C23H30N2O3S. The lowest BCUT2D eigenvalue weighted by molar-refractivity contribution is -0.118. The summed E-state index contributed by atoms with van der Waals surface area (Å²) in [7, 11) is 0. The fraction of sp³-hybridized carbons (Fsp3) is 0.478. The molecule has 6 heteroatoms. The number of nitrogens with one attached hydrogen (secondary N) is 2. The van der Waals surface area contributed by atoms with Gasteiger partial charge in [-0.15, -0.1) is 11.3 Å². The van der Waals surface area contributed by atoms with Gasteiger partial charge < -0.3 is 15.4 Å². The van der Waals surface area contributed by atoms with E-state index in [1.54, 1.807) is 0 Å².